The highest BCUT2D eigenvalue weighted by Crippen LogP contribution is 2.40. The molecule has 1 aromatic heterocycles. The largest absolute Gasteiger partial charge is 0.261 e. The molecule has 0 bridgehead atoms. The van der Waals surface area contributed by atoms with Crippen LogP contribution in [0.1, 0.15) is 43.9 Å². The van der Waals surface area contributed by atoms with Crippen molar-refractivity contribution < 1.29 is 4.39 Å². The Morgan fingerprint density at radius 2 is 2.00 bits per heavy atom. The molecule has 0 spiro atoms. The smallest absolute Gasteiger partial charge is 0.130 e. The van der Waals surface area contributed by atoms with Crippen molar-refractivity contribution in [2.45, 2.75) is 39.5 Å². The quantitative estimate of drug-likeness (QED) is 0.646. The lowest BCUT2D eigenvalue weighted by molar-refractivity contribution is 0.606. The van der Waals surface area contributed by atoms with Crippen LogP contribution < -0.4 is 0 Å². The maximum atomic E-state index is 13.1. The predicted octanol–water partition coefficient (Wildman–Crippen LogP) is 3.43. The van der Waals surface area contributed by atoms with Crippen molar-refractivity contribution in [3.05, 3.63) is 29.3 Å². The minimum atomic E-state index is -0.0833. The Morgan fingerprint density at radius 1 is 1.38 bits per heavy atom. The number of aryl methyl sites for hydroxylation is 1. The average molecular weight is 181 g/mol. The number of aromatic nitrogens is 1. The third kappa shape index (κ3) is 2.51. The third-order valence-corrected chi connectivity index (χ3v) is 2.04. The minimum absolute atomic E-state index is 0.0833. The van der Waals surface area contributed by atoms with Gasteiger partial charge in [0.25, 0.3) is 0 Å². The van der Waals surface area contributed by atoms with Crippen LogP contribution in [0.15, 0.2) is 12.3 Å². The first kappa shape index (κ1) is 10.2. The first-order valence-corrected chi connectivity index (χ1v) is 4.89. The first-order chi connectivity index (χ1) is 6.27. The topological polar surface area (TPSA) is 12.9 Å². The first-order valence-electron chi connectivity index (χ1n) is 4.89. The second-order valence-electron chi connectivity index (χ2n) is 3.12. The Labute approximate surface area is 79.0 Å². The van der Waals surface area contributed by atoms with E-state index < -0.39 is 0 Å². The molecule has 0 aliphatic heterocycles. The highest BCUT2D eigenvalue weighted by Gasteiger charge is 2.26. The van der Waals surface area contributed by atoms with Gasteiger partial charge >= 0.3 is 0 Å². The lowest BCUT2D eigenvalue weighted by Gasteiger charge is -1.99. The lowest BCUT2D eigenvalue weighted by atomic mass is 10.2. The Kier molecular flexibility index (Phi) is 3.40. The highest BCUT2D eigenvalue weighted by molar-refractivity contribution is 5.23. The summed E-state index contributed by atoms with van der Waals surface area (Å²) in [6.45, 7) is 5.81. The molecule has 1 aliphatic rings. The van der Waals surface area contributed by atoms with Gasteiger partial charge < -0.3 is 0 Å². The zero-order valence-corrected chi connectivity index (χ0v) is 8.47. The molecule has 0 N–H and O–H groups in total. The van der Waals surface area contributed by atoms with Crippen LogP contribution in [0, 0.1) is 12.7 Å². The molecule has 1 aromatic rings. The average Bonchev–Trinajstić information content (AvgIpc) is 2.91. The van der Waals surface area contributed by atoms with E-state index in [0.717, 1.165) is 24.1 Å². The van der Waals surface area contributed by atoms with Crippen LogP contribution in [-0.4, -0.2) is 4.98 Å². The van der Waals surface area contributed by atoms with Gasteiger partial charge in [-0.1, -0.05) is 13.8 Å². The van der Waals surface area contributed by atoms with Gasteiger partial charge in [-0.25, -0.2) is 4.39 Å². The molecule has 0 aromatic carbocycles. The molecule has 1 heterocycles. The van der Waals surface area contributed by atoms with E-state index in [-0.39, 0.29) is 5.82 Å². The van der Waals surface area contributed by atoms with E-state index in [1.807, 2.05) is 13.8 Å². The van der Waals surface area contributed by atoms with Crippen LogP contribution in [0.2, 0.25) is 0 Å². The summed E-state index contributed by atoms with van der Waals surface area (Å²) in [5.74, 6) is 0.378. The summed E-state index contributed by atoms with van der Waals surface area (Å²) in [5, 5.41) is 0. The molecule has 0 atom stereocenters. The summed E-state index contributed by atoms with van der Waals surface area (Å²) in [5.41, 5.74) is 1.56. The highest BCUT2D eigenvalue weighted by atomic mass is 19.1. The van der Waals surface area contributed by atoms with E-state index in [2.05, 4.69) is 4.98 Å². The fraction of sp³-hybridized carbons (Fsp3) is 0.545. The van der Waals surface area contributed by atoms with E-state index in [0.29, 0.717) is 5.92 Å². The summed E-state index contributed by atoms with van der Waals surface area (Å²) in [6.07, 6.45) is 3.92. The molecule has 0 saturated heterocycles. The maximum Gasteiger partial charge on any atom is 0.130 e. The molecule has 0 unspecified atom stereocenters. The van der Waals surface area contributed by atoms with Crippen LogP contribution >= 0.6 is 0 Å². The number of hydrogen-bond acceptors (Lipinski definition) is 1. The van der Waals surface area contributed by atoms with Crippen LogP contribution in [0.3, 0.4) is 0 Å². The zero-order chi connectivity index (χ0) is 9.84. The van der Waals surface area contributed by atoms with E-state index in [1.54, 1.807) is 13.1 Å². The number of halogens is 1. The minimum Gasteiger partial charge on any atom is -0.261 e. The lowest BCUT2D eigenvalue weighted by Crippen LogP contribution is -1.90. The van der Waals surface area contributed by atoms with Crippen molar-refractivity contribution >= 4 is 0 Å². The van der Waals surface area contributed by atoms with Crippen LogP contribution in [0.4, 0.5) is 4.39 Å². The van der Waals surface area contributed by atoms with Crippen molar-refractivity contribution in [3.8, 4) is 0 Å². The van der Waals surface area contributed by atoms with Crippen molar-refractivity contribution in [1.82, 2.24) is 4.98 Å². The second-order valence-corrected chi connectivity index (χ2v) is 3.12. The van der Waals surface area contributed by atoms with E-state index in [1.165, 1.54) is 6.07 Å². The standard InChI is InChI=1S/C9H10FN.C2H6/c1-6-4-9(10)8(5-11-6)7-2-3-7;1-2/h4-5,7H,2-3H2,1H3;1-2H3. The molecule has 2 rings (SSSR count). The maximum absolute atomic E-state index is 13.1. The van der Waals surface area contributed by atoms with Crippen molar-refractivity contribution in [3.63, 3.8) is 0 Å². The van der Waals surface area contributed by atoms with Gasteiger partial charge in [0.1, 0.15) is 5.82 Å². The van der Waals surface area contributed by atoms with Crippen molar-refractivity contribution in [2.24, 2.45) is 0 Å². The molecule has 1 saturated carbocycles. The number of pyridine rings is 1. The van der Waals surface area contributed by atoms with Crippen molar-refractivity contribution in [2.75, 3.05) is 0 Å². The predicted molar refractivity (Wildman–Crippen MR) is 52.3 cm³/mol. The molecule has 1 nitrogen and oxygen atoms in total. The van der Waals surface area contributed by atoms with Crippen molar-refractivity contribution in [1.29, 1.82) is 0 Å². The summed E-state index contributed by atoms with van der Waals surface area (Å²) < 4.78 is 13.1. The third-order valence-electron chi connectivity index (χ3n) is 2.04. The molecule has 2 heteroatoms. The summed E-state index contributed by atoms with van der Waals surface area (Å²) >= 11 is 0. The second kappa shape index (κ2) is 4.35. The summed E-state index contributed by atoms with van der Waals surface area (Å²) in [4.78, 5) is 4.06. The molecular formula is C11H16FN. The molecule has 0 amide bonds. The van der Waals surface area contributed by atoms with Gasteiger partial charge in [-0.05, 0) is 31.7 Å². The van der Waals surface area contributed by atoms with Gasteiger partial charge in [-0.2, -0.15) is 0 Å². The van der Waals surface area contributed by atoms with Gasteiger partial charge in [0, 0.05) is 17.5 Å². The molecule has 0 radical (unpaired) electrons. The molecule has 72 valence electrons. The van der Waals surface area contributed by atoms with Crippen LogP contribution in [0.25, 0.3) is 0 Å². The zero-order valence-electron chi connectivity index (χ0n) is 8.47. The molecule has 1 aliphatic carbocycles. The van der Waals surface area contributed by atoms with E-state index in [9.17, 15) is 4.39 Å². The van der Waals surface area contributed by atoms with Gasteiger partial charge in [0.15, 0.2) is 0 Å². The monoisotopic (exact) mass is 181 g/mol. The van der Waals surface area contributed by atoms with E-state index >= 15 is 0 Å². The fourth-order valence-electron chi connectivity index (χ4n) is 1.23. The fourth-order valence-corrected chi connectivity index (χ4v) is 1.23. The molecular weight excluding hydrogens is 165 g/mol. The van der Waals surface area contributed by atoms with Gasteiger partial charge in [-0.15, -0.1) is 0 Å². The van der Waals surface area contributed by atoms with Crippen LogP contribution in [0.5, 0.6) is 0 Å². The molecule has 1 fully saturated rings. The Hall–Kier alpha value is -0.920. The molecule has 13 heavy (non-hydrogen) atoms. The normalized spacial score (nSPS) is 14.8. The van der Waals surface area contributed by atoms with E-state index in [4.69, 9.17) is 0 Å². The number of hydrogen-bond donors (Lipinski definition) is 0. The van der Waals surface area contributed by atoms with Gasteiger partial charge in [0.05, 0.1) is 0 Å². The Morgan fingerprint density at radius 3 is 2.46 bits per heavy atom. The SMILES string of the molecule is CC.Cc1cc(F)c(C2CC2)cn1. The van der Waals surface area contributed by atoms with Gasteiger partial charge in [-0.3, -0.25) is 4.98 Å². The Bertz CT molecular complexity index is 279. The summed E-state index contributed by atoms with van der Waals surface area (Å²) in [6, 6.07) is 1.51. The van der Waals surface area contributed by atoms with Crippen LogP contribution in [-0.2, 0) is 0 Å². The Balaban J connectivity index is 0.000000396. The summed E-state index contributed by atoms with van der Waals surface area (Å²) in [7, 11) is 0. The van der Waals surface area contributed by atoms with Gasteiger partial charge in [0.2, 0.25) is 0 Å². The number of rotatable bonds is 1. The number of nitrogens with zero attached hydrogens (tertiary/aromatic N) is 1.